The quantitative estimate of drug-likeness (QED) is 0.806. The Morgan fingerprint density at radius 2 is 1.88 bits per heavy atom. The molecule has 26 heavy (non-hydrogen) atoms. The number of hydrogen-bond acceptors (Lipinski definition) is 5. The molecule has 0 aliphatic carbocycles. The fourth-order valence-corrected chi connectivity index (χ4v) is 3.13. The summed E-state index contributed by atoms with van der Waals surface area (Å²) in [6.45, 7) is 3.56. The first-order chi connectivity index (χ1) is 12.7. The summed E-state index contributed by atoms with van der Waals surface area (Å²) >= 11 is 0. The van der Waals surface area contributed by atoms with Gasteiger partial charge >= 0.3 is 0 Å². The van der Waals surface area contributed by atoms with E-state index in [1.165, 1.54) is 24.2 Å². The first-order valence-electron chi connectivity index (χ1n) is 8.87. The molecule has 1 aromatic heterocycles. The highest BCUT2D eigenvalue weighted by atomic mass is 16.2. The number of benzene rings is 1. The third-order valence-corrected chi connectivity index (χ3v) is 4.65. The highest BCUT2D eigenvalue weighted by Crippen LogP contribution is 2.29. The molecule has 7 heteroatoms. The number of carbonyl (C=O) groups is 2. The predicted molar refractivity (Wildman–Crippen MR) is 98.4 cm³/mol. The van der Waals surface area contributed by atoms with Crippen LogP contribution >= 0.6 is 0 Å². The number of nitrogens with zero attached hydrogens (tertiary/aromatic N) is 3. The molecule has 1 saturated heterocycles. The van der Waals surface area contributed by atoms with Gasteiger partial charge in [0, 0.05) is 31.9 Å². The van der Waals surface area contributed by atoms with Gasteiger partial charge in [0.2, 0.25) is 5.91 Å². The van der Waals surface area contributed by atoms with E-state index in [4.69, 9.17) is 0 Å². The second-order valence-electron chi connectivity index (χ2n) is 6.30. The number of nitrogens with one attached hydrogen (secondary N) is 2. The smallest absolute Gasteiger partial charge is 0.289 e. The molecular formula is C19H23N5O2. The van der Waals surface area contributed by atoms with Crippen molar-refractivity contribution < 1.29 is 9.59 Å². The summed E-state index contributed by atoms with van der Waals surface area (Å²) in [5.41, 5.74) is 7.80. The molecular weight excluding hydrogens is 330 g/mol. The van der Waals surface area contributed by atoms with Gasteiger partial charge in [0.1, 0.15) is 5.69 Å². The Kier molecular flexibility index (Phi) is 5.78. The van der Waals surface area contributed by atoms with E-state index in [2.05, 4.69) is 33.0 Å². The van der Waals surface area contributed by atoms with Crippen LogP contribution in [-0.2, 0) is 4.79 Å². The van der Waals surface area contributed by atoms with Gasteiger partial charge in [-0.25, -0.2) is 4.98 Å². The molecule has 2 heterocycles. The molecule has 0 unspecified atom stereocenters. The van der Waals surface area contributed by atoms with Gasteiger partial charge in [-0.3, -0.25) is 25.4 Å². The van der Waals surface area contributed by atoms with E-state index < -0.39 is 0 Å². The molecule has 0 radical (unpaired) electrons. The molecule has 2 amide bonds. The topological polar surface area (TPSA) is 87.2 Å². The van der Waals surface area contributed by atoms with Crippen molar-refractivity contribution in [2.24, 2.45) is 0 Å². The number of carbonyl (C=O) groups excluding carboxylic acids is 2. The van der Waals surface area contributed by atoms with Crippen LogP contribution in [0, 0.1) is 0 Å². The van der Waals surface area contributed by atoms with Gasteiger partial charge in [0.15, 0.2) is 0 Å². The van der Waals surface area contributed by atoms with E-state index in [0.717, 1.165) is 31.6 Å². The number of aromatic nitrogens is 2. The monoisotopic (exact) mass is 353 g/mol. The molecule has 0 bridgehead atoms. The molecule has 2 aromatic rings. The molecule has 0 spiro atoms. The Labute approximate surface area is 152 Å². The van der Waals surface area contributed by atoms with Crippen LogP contribution in [0.25, 0.3) is 0 Å². The van der Waals surface area contributed by atoms with Gasteiger partial charge in [0.05, 0.1) is 11.9 Å². The first-order valence-corrected chi connectivity index (χ1v) is 8.87. The van der Waals surface area contributed by atoms with E-state index in [1.54, 1.807) is 0 Å². The summed E-state index contributed by atoms with van der Waals surface area (Å²) in [6.07, 6.45) is 6.96. The van der Waals surface area contributed by atoms with Crippen LogP contribution < -0.4 is 10.9 Å². The number of piperidine rings is 1. The maximum absolute atomic E-state index is 11.9. The first kappa shape index (κ1) is 17.8. The maximum atomic E-state index is 11.9. The average molecular weight is 353 g/mol. The normalized spacial score (nSPS) is 14.7. The molecule has 0 atom stereocenters. The van der Waals surface area contributed by atoms with Gasteiger partial charge in [-0.15, -0.1) is 0 Å². The average Bonchev–Trinajstić information content (AvgIpc) is 2.72. The largest absolute Gasteiger partial charge is 0.343 e. The van der Waals surface area contributed by atoms with Crippen LogP contribution in [0.15, 0.2) is 42.9 Å². The van der Waals surface area contributed by atoms with Crippen LogP contribution in [0.3, 0.4) is 0 Å². The fraction of sp³-hybridized carbons (Fsp3) is 0.368. The molecule has 1 fully saturated rings. The lowest BCUT2D eigenvalue weighted by Crippen LogP contribution is -2.37. The fourth-order valence-electron chi connectivity index (χ4n) is 3.13. The van der Waals surface area contributed by atoms with E-state index in [-0.39, 0.29) is 17.5 Å². The zero-order valence-electron chi connectivity index (χ0n) is 14.8. The number of hydrazine groups is 1. The third kappa shape index (κ3) is 4.36. The summed E-state index contributed by atoms with van der Waals surface area (Å²) in [5.74, 6) is 0.371. The predicted octanol–water partition coefficient (Wildman–Crippen LogP) is 2.35. The SMILES string of the molecule is CCC(=O)N1CCC(c2ccc(NNC(=O)c3cnccn3)cc2)CC1. The van der Waals surface area contributed by atoms with Gasteiger partial charge in [-0.2, -0.15) is 0 Å². The van der Waals surface area contributed by atoms with Gasteiger partial charge < -0.3 is 4.90 Å². The number of rotatable bonds is 5. The highest BCUT2D eigenvalue weighted by Gasteiger charge is 2.22. The number of hydrogen-bond donors (Lipinski definition) is 2. The summed E-state index contributed by atoms with van der Waals surface area (Å²) < 4.78 is 0. The van der Waals surface area contributed by atoms with Gasteiger partial charge in [-0.1, -0.05) is 19.1 Å². The zero-order valence-corrected chi connectivity index (χ0v) is 14.8. The number of anilines is 1. The molecule has 1 aliphatic rings. The van der Waals surface area contributed by atoms with Crippen molar-refractivity contribution in [1.82, 2.24) is 20.3 Å². The number of likely N-dealkylation sites (tertiary alicyclic amines) is 1. The molecule has 136 valence electrons. The van der Waals surface area contributed by atoms with Crippen molar-refractivity contribution in [2.75, 3.05) is 18.5 Å². The van der Waals surface area contributed by atoms with Crippen molar-refractivity contribution >= 4 is 17.5 Å². The standard InChI is InChI=1S/C19H23N5O2/c1-2-18(25)24-11-7-15(8-12-24)14-3-5-16(6-4-14)22-23-19(26)17-13-20-9-10-21-17/h3-6,9-10,13,15,22H,2,7-8,11-12H2,1H3,(H,23,26). The molecule has 1 aliphatic heterocycles. The second-order valence-corrected chi connectivity index (χ2v) is 6.30. The zero-order chi connectivity index (χ0) is 18.4. The molecule has 0 saturated carbocycles. The van der Waals surface area contributed by atoms with E-state index >= 15 is 0 Å². The van der Waals surface area contributed by atoms with Crippen LogP contribution in [-0.4, -0.2) is 39.8 Å². The second kappa shape index (κ2) is 8.42. The van der Waals surface area contributed by atoms with E-state index in [1.807, 2.05) is 24.0 Å². The molecule has 3 rings (SSSR count). The summed E-state index contributed by atoms with van der Waals surface area (Å²) in [6, 6.07) is 8.02. The van der Waals surface area contributed by atoms with Crippen molar-refractivity contribution in [3.05, 3.63) is 54.1 Å². The highest BCUT2D eigenvalue weighted by molar-refractivity contribution is 5.92. The minimum atomic E-state index is -0.338. The number of amides is 2. The van der Waals surface area contributed by atoms with E-state index in [9.17, 15) is 9.59 Å². The van der Waals surface area contributed by atoms with Crippen LogP contribution in [0.1, 0.15) is 48.2 Å². The summed E-state index contributed by atoms with van der Waals surface area (Å²) in [7, 11) is 0. The lowest BCUT2D eigenvalue weighted by atomic mass is 9.89. The Balaban J connectivity index is 1.51. The Bertz CT molecular complexity index is 740. The van der Waals surface area contributed by atoms with Crippen molar-refractivity contribution in [1.29, 1.82) is 0 Å². The Morgan fingerprint density at radius 1 is 1.15 bits per heavy atom. The Morgan fingerprint density at radius 3 is 2.50 bits per heavy atom. The summed E-state index contributed by atoms with van der Waals surface area (Å²) in [4.78, 5) is 33.5. The van der Waals surface area contributed by atoms with Gasteiger partial charge in [0.25, 0.3) is 5.91 Å². The Hall–Kier alpha value is -2.96. The maximum Gasteiger partial charge on any atom is 0.289 e. The van der Waals surface area contributed by atoms with Crippen LogP contribution in [0.2, 0.25) is 0 Å². The minimum absolute atomic E-state index is 0.238. The van der Waals surface area contributed by atoms with Crippen LogP contribution in [0.4, 0.5) is 5.69 Å². The lowest BCUT2D eigenvalue weighted by Gasteiger charge is -2.32. The summed E-state index contributed by atoms with van der Waals surface area (Å²) in [5, 5.41) is 0. The third-order valence-electron chi connectivity index (χ3n) is 4.65. The minimum Gasteiger partial charge on any atom is -0.343 e. The lowest BCUT2D eigenvalue weighted by molar-refractivity contribution is -0.131. The van der Waals surface area contributed by atoms with Crippen molar-refractivity contribution in [3.8, 4) is 0 Å². The molecule has 1 aromatic carbocycles. The van der Waals surface area contributed by atoms with Crippen molar-refractivity contribution in [3.63, 3.8) is 0 Å². The molecule has 2 N–H and O–H groups in total. The van der Waals surface area contributed by atoms with Crippen LogP contribution in [0.5, 0.6) is 0 Å². The van der Waals surface area contributed by atoms with Crippen molar-refractivity contribution in [2.45, 2.75) is 32.1 Å². The molecule has 7 nitrogen and oxygen atoms in total. The van der Waals surface area contributed by atoms with E-state index in [0.29, 0.717) is 12.3 Å². The van der Waals surface area contributed by atoms with Gasteiger partial charge in [-0.05, 0) is 36.5 Å².